The Kier molecular flexibility index (Phi) is 2.78. The topological polar surface area (TPSA) is 34.1 Å². The second kappa shape index (κ2) is 4.35. The summed E-state index contributed by atoms with van der Waals surface area (Å²) in [6, 6.07) is 8.60. The van der Waals surface area contributed by atoms with Gasteiger partial charge in [0.15, 0.2) is 17.4 Å². The van der Waals surface area contributed by atoms with E-state index in [1.165, 1.54) is 6.07 Å². The van der Waals surface area contributed by atoms with Gasteiger partial charge in [-0.2, -0.15) is 0 Å². The van der Waals surface area contributed by atoms with Crippen molar-refractivity contribution < 1.29 is 17.8 Å². The number of ketones is 1. The van der Waals surface area contributed by atoms with Gasteiger partial charge in [0.05, 0.1) is 21.4 Å². The molecule has 2 aromatic rings. The number of carbonyl (C=O) groups is 1. The molecule has 1 aliphatic rings. The largest absolute Gasteiger partial charge is 0.289 e. The average molecular weight is 278 g/mol. The summed E-state index contributed by atoms with van der Waals surface area (Å²) in [6.07, 6.45) is 0. The van der Waals surface area contributed by atoms with Crippen molar-refractivity contribution >= 4 is 16.6 Å². The molecule has 1 heterocycles. The number of hydrogen-bond acceptors (Lipinski definition) is 2. The summed E-state index contributed by atoms with van der Waals surface area (Å²) in [5.74, 6) is -2.74. The normalized spacial score (nSPS) is 17.6. The van der Waals surface area contributed by atoms with E-state index in [4.69, 9.17) is 0 Å². The van der Waals surface area contributed by atoms with Crippen LogP contribution in [0.25, 0.3) is 0 Å². The molecule has 0 N–H and O–H groups in total. The molecular formula is C14H8F2O2S. The lowest BCUT2D eigenvalue weighted by Crippen LogP contribution is -2.06. The average Bonchev–Trinajstić information content (AvgIpc) is 2.53. The van der Waals surface area contributed by atoms with Gasteiger partial charge in [-0.15, -0.1) is 0 Å². The molecule has 19 heavy (non-hydrogen) atoms. The Morgan fingerprint density at radius 1 is 1.00 bits per heavy atom. The van der Waals surface area contributed by atoms with E-state index in [2.05, 4.69) is 0 Å². The molecule has 0 fully saturated rings. The summed E-state index contributed by atoms with van der Waals surface area (Å²) in [6.45, 7) is 0. The fraction of sp³-hybridized carbons (Fsp3) is 0.0714. The summed E-state index contributed by atoms with van der Waals surface area (Å²) in [7, 11) is -1.56. The third-order valence-corrected chi connectivity index (χ3v) is 4.49. The van der Waals surface area contributed by atoms with Crippen LogP contribution in [0.15, 0.2) is 41.3 Å². The van der Waals surface area contributed by atoms with Gasteiger partial charge in [-0.3, -0.25) is 9.00 Å². The second-order valence-corrected chi connectivity index (χ2v) is 5.62. The van der Waals surface area contributed by atoms with E-state index in [9.17, 15) is 17.8 Å². The SMILES string of the molecule is O=C1c2ccccc2S(=O)Cc2c1ccc(F)c2F. The van der Waals surface area contributed by atoms with Crippen molar-refractivity contribution in [2.24, 2.45) is 0 Å². The highest BCUT2D eigenvalue weighted by Gasteiger charge is 2.28. The number of rotatable bonds is 0. The van der Waals surface area contributed by atoms with Gasteiger partial charge in [0.1, 0.15) is 0 Å². The van der Waals surface area contributed by atoms with Crippen molar-refractivity contribution in [1.29, 1.82) is 0 Å². The van der Waals surface area contributed by atoms with Crippen LogP contribution in [0, 0.1) is 11.6 Å². The molecule has 1 aliphatic heterocycles. The Morgan fingerprint density at radius 2 is 1.74 bits per heavy atom. The fourth-order valence-corrected chi connectivity index (χ4v) is 3.49. The standard InChI is InChI=1S/C14H8F2O2S/c15-11-6-5-8-10(13(11)16)7-19(18)12-4-2-1-3-9(12)14(8)17/h1-6H,7H2. The molecule has 0 saturated heterocycles. The molecule has 0 saturated carbocycles. The van der Waals surface area contributed by atoms with Crippen LogP contribution in [0.5, 0.6) is 0 Å². The maximum absolute atomic E-state index is 13.8. The lowest BCUT2D eigenvalue weighted by atomic mass is 9.99. The van der Waals surface area contributed by atoms with E-state index in [-0.39, 0.29) is 22.4 Å². The molecule has 2 aromatic carbocycles. The molecule has 3 rings (SSSR count). The number of benzene rings is 2. The number of hydrogen-bond donors (Lipinski definition) is 0. The van der Waals surface area contributed by atoms with Gasteiger partial charge in [-0.05, 0) is 24.3 Å². The monoisotopic (exact) mass is 278 g/mol. The molecule has 0 aliphatic carbocycles. The Morgan fingerprint density at radius 3 is 2.53 bits per heavy atom. The molecule has 2 nitrogen and oxygen atoms in total. The minimum Gasteiger partial charge on any atom is -0.289 e. The van der Waals surface area contributed by atoms with Crippen LogP contribution in [0.3, 0.4) is 0 Å². The van der Waals surface area contributed by atoms with E-state index in [1.807, 2.05) is 0 Å². The molecule has 96 valence electrons. The lowest BCUT2D eigenvalue weighted by molar-refractivity contribution is 0.103. The van der Waals surface area contributed by atoms with E-state index >= 15 is 0 Å². The third-order valence-electron chi connectivity index (χ3n) is 3.09. The van der Waals surface area contributed by atoms with Gasteiger partial charge in [-0.25, -0.2) is 8.78 Å². The first-order valence-corrected chi connectivity index (χ1v) is 6.90. The summed E-state index contributed by atoms with van der Waals surface area (Å²) in [4.78, 5) is 12.7. The molecule has 0 spiro atoms. The highest BCUT2D eigenvalue weighted by molar-refractivity contribution is 7.84. The van der Waals surface area contributed by atoms with Crippen molar-refractivity contribution in [3.63, 3.8) is 0 Å². The summed E-state index contributed by atoms with van der Waals surface area (Å²) < 4.78 is 39.2. The highest BCUT2D eigenvalue weighted by Crippen LogP contribution is 2.29. The molecule has 1 atom stereocenters. The zero-order valence-corrected chi connectivity index (χ0v) is 10.5. The summed E-state index contributed by atoms with van der Waals surface area (Å²) in [5, 5.41) is 0. The van der Waals surface area contributed by atoms with E-state index in [0.717, 1.165) is 6.07 Å². The van der Waals surface area contributed by atoms with Crippen LogP contribution in [-0.4, -0.2) is 9.99 Å². The third kappa shape index (κ3) is 1.81. The van der Waals surface area contributed by atoms with Gasteiger partial charge in [0.25, 0.3) is 0 Å². The Balaban J connectivity index is 2.32. The molecule has 0 radical (unpaired) electrons. The highest BCUT2D eigenvalue weighted by atomic mass is 32.2. The first kappa shape index (κ1) is 12.2. The molecular weight excluding hydrogens is 270 g/mol. The Hall–Kier alpha value is -1.88. The van der Waals surface area contributed by atoms with Crippen LogP contribution in [0.1, 0.15) is 21.5 Å². The van der Waals surface area contributed by atoms with Crippen molar-refractivity contribution in [2.75, 3.05) is 0 Å². The van der Waals surface area contributed by atoms with Crippen molar-refractivity contribution in [3.05, 3.63) is 64.7 Å². The molecule has 0 amide bonds. The Labute approximate surface area is 110 Å². The van der Waals surface area contributed by atoms with Crippen LogP contribution in [0.2, 0.25) is 0 Å². The fourth-order valence-electron chi connectivity index (χ4n) is 2.15. The summed E-state index contributed by atoms with van der Waals surface area (Å²) in [5.41, 5.74) is 0.252. The van der Waals surface area contributed by atoms with Crippen LogP contribution in [0.4, 0.5) is 8.78 Å². The molecule has 0 bridgehead atoms. The smallest absolute Gasteiger partial charge is 0.194 e. The predicted octanol–water partition coefficient (Wildman–Crippen LogP) is 2.82. The van der Waals surface area contributed by atoms with Crippen molar-refractivity contribution in [2.45, 2.75) is 10.6 Å². The lowest BCUT2D eigenvalue weighted by Gasteiger charge is -2.05. The van der Waals surface area contributed by atoms with E-state index in [0.29, 0.717) is 4.90 Å². The van der Waals surface area contributed by atoms with Gasteiger partial charge in [0, 0.05) is 16.7 Å². The van der Waals surface area contributed by atoms with Gasteiger partial charge >= 0.3 is 0 Å². The van der Waals surface area contributed by atoms with Crippen molar-refractivity contribution in [1.82, 2.24) is 0 Å². The number of fused-ring (bicyclic) bond motifs is 2. The minimum atomic E-state index is -1.56. The molecule has 1 unspecified atom stereocenters. The zero-order chi connectivity index (χ0) is 13.6. The van der Waals surface area contributed by atoms with Gasteiger partial charge in [-0.1, -0.05) is 12.1 Å². The predicted molar refractivity (Wildman–Crippen MR) is 66.3 cm³/mol. The maximum atomic E-state index is 13.8. The summed E-state index contributed by atoms with van der Waals surface area (Å²) >= 11 is 0. The minimum absolute atomic E-state index is 0.0807. The first-order valence-electron chi connectivity index (χ1n) is 5.58. The quantitative estimate of drug-likeness (QED) is 0.742. The molecule has 0 aromatic heterocycles. The number of carbonyl (C=O) groups excluding carboxylic acids is 1. The van der Waals surface area contributed by atoms with Gasteiger partial charge in [0.2, 0.25) is 0 Å². The van der Waals surface area contributed by atoms with Crippen LogP contribution >= 0.6 is 0 Å². The second-order valence-electron chi connectivity index (χ2n) is 4.20. The van der Waals surface area contributed by atoms with Gasteiger partial charge < -0.3 is 0 Å². The Bertz CT molecular complexity index is 725. The molecule has 5 heteroatoms. The van der Waals surface area contributed by atoms with Crippen LogP contribution < -0.4 is 0 Å². The number of halogens is 2. The first-order chi connectivity index (χ1) is 9.09. The maximum Gasteiger partial charge on any atom is 0.194 e. The van der Waals surface area contributed by atoms with Crippen LogP contribution in [-0.2, 0) is 16.6 Å². The van der Waals surface area contributed by atoms with Crippen molar-refractivity contribution in [3.8, 4) is 0 Å². The van der Waals surface area contributed by atoms with E-state index in [1.54, 1.807) is 24.3 Å². The zero-order valence-electron chi connectivity index (χ0n) is 9.65. The van der Waals surface area contributed by atoms with E-state index < -0.39 is 28.2 Å².